The molecular formula is C14H22N2O. The normalized spacial score (nSPS) is 10.6. The molecule has 0 unspecified atom stereocenters. The summed E-state index contributed by atoms with van der Waals surface area (Å²) in [6.45, 7) is 6.30. The first-order valence-corrected chi connectivity index (χ1v) is 6.01. The van der Waals surface area contributed by atoms with Crippen LogP contribution in [-0.4, -0.2) is 31.0 Å². The van der Waals surface area contributed by atoms with Gasteiger partial charge in [0.15, 0.2) is 0 Å². The lowest BCUT2D eigenvalue weighted by Crippen LogP contribution is -2.35. The number of nitrogens with one attached hydrogen (secondary N) is 1. The molecule has 1 N–H and O–H groups in total. The molecule has 0 aliphatic rings. The summed E-state index contributed by atoms with van der Waals surface area (Å²) < 4.78 is 5.10. The first-order valence-electron chi connectivity index (χ1n) is 6.01. The third-order valence-corrected chi connectivity index (χ3v) is 2.67. The molecule has 17 heavy (non-hydrogen) atoms. The Labute approximate surface area is 104 Å². The number of rotatable bonds is 6. The van der Waals surface area contributed by atoms with Crippen molar-refractivity contribution in [3.63, 3.8) is 0 Å². The van der Waals surface area contributed by atoms with Crippen molar-refractivity contribution in [1.82, 2.24) is 4.90 Å². The van der Waals surface area contributed by atoms with Crippen molar-refractivity contribution in [2.45, 2.75) is 20.4 Å². The van der Waals surface area contributed by atoms with Gasteiger partial charge in [-0.05, 0) is 5.56 Å². The van der Waals surface area contributed by atoms with Gasteiger partial charge in [0.1, 0.15) is 0 Å². The second-order valence-corrected chi connectivity index (χ2v) is 4.44. The van der Waals surface area contributed by atoms with Gasteiger partial charge in [-0.15, -0.1) is 0 Å². The van der Waals surface area contributed by atoms with Gasteiger partial charge in [-0.2, -0.15) is 0 Å². The fraction of sp³-hybridized carbons (Fsp3) is 0.500. The molecule has 0 aliphatic carbocycles. The Balaban J connectivity index is 2.66. The standard InChI is InChI=1S/C14H22N2O/c1-12(2)14(15)16(9-10-17-3)11-13-7-5-4-6-8-13/h4-8,12,15H,9-11H2,1-3H3. The quantitative estimate of drug-likeness (QED) is 0.607. The number of hydrogen-bond acceptors (Lipinski definition) is 2. The molecule has 0 bridgehead atoms. The number of ether oxygens (including phenoxy) is 1. The van der Waals surface area contributed by atoms with E-state index in [1.54, 1.807) is 7.11 Å². The molecule has 3 heteroatoms. The summed E-state index contributed by atoms with van der Waals surface area (Å²) in [4.78, 5) is 2.07. The van der Waals surface area contributed by atoms with Crippen LogP contribution in [0.25, 0.3) is 0 Å². The largest absolute Gasteiger partial charge is 0.383 e. The second-order valence-electron chi connectivity index (χ2n) is 4.44. The molecule has 0 atom stereocenters. The van der Waals surface area contributed by atoms with E-state index in [9.17, 15) is 0 Å². The van der Waals surface area contributed by atoms with Gasteiger partial charge in [-0.3, -0.25) is 5.41 Å². The Kier molecular flexibility index (Phi) is 5.70. The van der Waals surface area contributed by atoms with E-state index in [0.29, 0.717) is 12.4 Å². The smallest absolute Gasteiger partial charge is 0.0987 e. The lowest BCUT2D eigenvalue weighted by Gasteiger charge is -2.27. The SMILES string of the molecule is COCCN(Cc1ccccc1)C(=N)C(C)C. The van der Waals surface area contributed by atoms with E-state index in [2.05, 4.69) is 17.0 Å². The van der Waals surface area contributed by atoms with Gasteiger partial charge < -0.3 is 9.64 Å². The lowest BCUT2D eigenvalue weighted by atomic mass is 10.1. The molecule has 0 spiro atoms. The Bertz CT molecular complexity index is 335. The highest BCUT2D eigenvalue weighted by atomic mass is 16.5. The minimum atomic E-state index is 0.246. The van der Waals surface area contributed by atoms with Gasteiger partial charge in [0.05, 0.1) is 12.4 Å². The maximum atomic E-state index is 8.10. The maximum Gasteiger partial charge on any atom is 0.0987 e. The minimum Gasteiger partial charge on any atom is -0.383 e. The molecule has 3 nitrogen and oxygen atoms in total. The van der Waals surface area contributed by atoms with Crippen LogP contribution in [0.2, 0.25) is 0 Å². The first-order chi connectivity index (χ1) is 8.15. The summed E-state index contributed by atoms with van der Waals surface area (Å²) in [6, 6.07) is 10.3. The number of amidine groups is 1. The van der Waals surface area contributed by atoms with Gasteiger partial charge in [-0.25, -0.2) is 0 Å². The Hall–Kier alpha value is -1.35. The minimum absolute atomic E-state index is 0.246. The first kappa shape index (κ1) is 13.7. The van der Waals surface area contributed by atoms with Crippen molar-refractivity contribution in [2.75, 3.05) is 20.3 Å². The van der Waals surface area contributed by atoms with E-state index >= 15 is 0 Å². The molecule has 0 heterocycles. The topological polar surface area (TPSA) is 36.3 Å². The van der Waals surface area contributed by atoms with Gasteiger partial charge in [0.2, 0.25) is 0 Å². The highest BCUT2D eigenvalue weighted by Gasteiger charge is 2.13. The molecule has 94 valence electrons. The van der Waals surface area contributed by atoms with Crippen LogP contribution in [0, 0.1) is 11.3 Å². The summed E-state index contributed by atoms with van der Waals surface area (Å²) in [6.07, 6.45) is 0. The fourth-order valence-corrected chi connectivity index (χ4v) is 1.66. The van der Waals surface area contributed by atoms with E-state index in [4.69, 9.17) is 10.1 Å². The molecule has 0 saturated heterocycles. The molecular weight excluding hydrogens is 212 g/mol. The zero-order valence-electron chi connectivity index (χ0n) is 10.9. The average Bonchev–Trinajstić information content (AvgIpc) is 2.34. The van der Waals surface area contributed by atoms with Crippen molar-refractivity contribution in [3.8, 4) is 0 Å². The van der Waals surface area contributed by atoms with Crippen LogP contribution in [0.3, 0.4) is 0 Å². The van der Waals surface area contributed by atoms with Crippen molar-refractivity contribution >= 4 is 5.84 Å². The molecule has 1 aromatic rings. The summed E-state index contributed by atoms with van der Waals surface area (Å²) in [5.41, 5.74) is 1.23. The van der Waals surface area contributed by atoms with Gasteiger partial charge >= 0.3 is 0 Å². The molecule has 0 radical (unpaired) electrons. The summed E-state index contributed by atoms with van der Waals surface area (Å²) in [5.74, 6) is 0.918. The van der Waals surface area contributed by atoms with Crippen LogP contribution < -0.4 is 0 Å². The predicted molar refractivity (Wildman–Crippen MR) is 71.3 cm³/mol. The van der Waals surface area contributed by atoms with Gasteiger partial charge in [0.25, 0.3) is 0 Å². The Morgan fingerprint density at radius 3 is 2.47 bits per heavy atom. The summed E-state index contributed by atoms with van der Waals surface area (Å²) in [7, 11) is 1.69. The number of hydrogen-bond donors (Lipinski definition) is 1. The van der Waals surface area contributed by atoms with E-state index in [-0.39, 0.29) is 5.92 Å². The van der Waals surface area contributed by atoms with Crippen molar-refractivity contribution in [1.29, 1.82) is 5.41 Å². The Morgan fingerprint density at radius 2 is 1.94 bits per heavy atom. The zero-order valence-corrected chi connectivity index (χ0v) is 10.9. The summed E-state index contributed by atoms with van der Waals surface area (Å²) >= 11 is 0. The van der Waals surface area contributed by atoms with E-state index < -0.39 is 0 Å². The molecule has 1 rings (SSSR count). The molecule has 0 aromatic heterocycles. The van der Waals surface area contributed by atoms with Crippen LogP contribution in [0.1, 0.15) is 19.4 Å². The van der Waals surface area contributed by atoms with Crippen LogP contribution in [0.5, 0.6) is 0 Å². The highest BCUT2D eigenvalue weighted by molar-refractivity contribution is 5.80. The fourth-order valence-electron chi connectivity index (χ4n) is 1.66. The predicted octanol–water partition coefficient (Wildman–Crippen LogP) is 2.77. The molecule has 0 aliphatic heterocycles. The van der Waals surface area contributed by atoms with Crippen LogP contribution in [0.4, 0.5) is 0 Å². The zero-order chi connectivity index (χ0) is 12.7. The van der Waals surface area contributed by atoms with E-state index in [0.717, 1.165) is 13.1 Å². The van der Waals surface area contributed by atoms with Crippen molar-refractivity contribution < 1.29 is 4.74 Å². The van der Waals surface area contributed by atoms with Gasteiger partial charge in [0, 0.05) is 26.1 Å². The Morgan fingerprint density at radius 1 is 1.29 bits per heavy atom. The third kappa shape index (κ3) is 4.57. The number of nitrogens with zero attached hydrogens (tertiary/aromatic N) is 1. The van der Waals surface area contributed by atoms with Gasteiger partial charge in [-0.1, -0.05) is 44.2 Å². The van der Waals surface area contributed by atoms with E-state index in [1.807, 2.05) is 32.0 Å². The van der Waals surface area contributed by atoms with Crippen LogP contribution >= 0.6 is 0 Å². The third-order valence-electron chi connectivity index (χ3n) is 2.67. The van der Waals surface area contributed by atoms with Crippen LogP contribution in [-0.2, 0) is 11.3 Å². The van der Waals surface area contributed by atoms with Crippen molar-refractivity contribution in [2.24, 2.45) is 5.92 Å². The maximum absolute atomic E-state index is 8.10. The monoisotopic (exact) mass is 234 g/mol. The summed E-state index contributed by atoms with van der Waals surface area (Å²) in [5, 5.41) is 8.10. The number of methoxy groups -OCH3 is 1. The molecule has 0 saturated carbocycles. The average molecular weight is 234 g/mol. The number of benzene rings is 1. The van der Waals surface area contributed by atoms with E-state index in [1.165, 1.54) is 5.56 Å². The van der Waals surface area contributed by atoms with Crippen molar-refractivity contribution in [3.05, 3.63) is 35.9 Å². The van der Waals surface area contributed by atoms with Crippen LogP contribution in [0.15, 0.2) is 30.3 Å². The highest BCUT2D eigenvalue weighted by Crippen LogP contribution is 2.08. The molecule has 0 fully saturated rings. The molecule has 0 amide bonds. The lowest BCUT2D eigenvalue weighted by molar-refractivity contribution is 0.172. The molecule has 1 aromatic carbocycles. The second kappa shape index (κ2) is 7.07.